The lowest BCUT2D eigenvalue weighted by molar-refractivity contribution is -0.0240. The summed E-state index contributed by atoms with van der Waals surface area (Å²) in [7, 11) is 1.91. The van der Waals surface area contributed by atoms with Crippen molar-refractivity contribution in [2.75, 3.05) is 13.2 Å². The van der Waals surface area contributed by atoms with Crippen LogP contribution < -0.4 is 11.2 Å². The van der Waals surface area contributed by atoms with E-state index in [0.29, 0.717) is 5.56 Å². The van der Waals surface area contributed by atoms with Gasteiger partial charge in [-0.1, -0.05) is 95.5 Å². The van der Waals surface area contributed by atoms with Crippen LogP contribution in [0.2, 0.25) is 0 Å². The first-order valence-corrected chi connectivity index (χ1v) is 16.1. The Bertz CT molecular complexity index is 1060. The molecular weight excluding hydrogens is 520 g/mol. The minimum atomic E-state index is -3.82. The van der Waals surface area contributed by atoms with Crippen LogP contribution in [0.4, 0.5) is 0 Å². The second-order valence-electron chi connectivity index (χ2n) is 10.4. The van der Waals surface area contributed by atoms with E-state index in [1.54, 1.807) is 6.92 Å². The van der Waals surface area contributed by atoms with Crippen LogP contribution in [0.1, 0.15) is 115 Å². The van der Waals surface area contributed by atoms with Gasteiger partial charge in [-0.15, -0.1) is 0 Å². The van der Waals surface area contributed by atoms with Gasteiger partial charge in [-0.05, 0) is 18.9 Å². The SMILES string of the molecule is [B-]P(=O)(OCCCCCCCCCCCCCCCC)OC[C@H]1O[C@@H](n2cc(C)c(=O)[nH]c2=O)C[C@@H]1N=[N+]=[N-]. The topological polar surface area (TPSA) is 148 Å². The van der Waals surface area contributed by atoms with Gasteiger partial charge in [-0.2, -0.15) is 0 Å². The fourth-order valence-electron chi connectivity index (χ4n) is 4.73. The lowest BCUT2D eigenvalue weighted by Gasteiger charge is -2.28. The van der Waals surface area contributed by atoms with Gasteiger partial charge in [0.05, 0.1) is 32.8 Å². The quantitative estimate of drug-likeness (QED) is 0.0443. The molecule has 3 radical (unpaired) electrons. The molecule has 2 rings (SSSR count). The van der Waals surface area contributed by atoms with Crippen molar-refractivity contribution in [1.82, 2.24) is 9.55 Å². The summed E-state index contributed by atoms with van der Waals surface area (Å²) in [6, 6.07) is -0.676. The molecule has 13 heteroatoms. The van der Waals surface area contributed by atoms with Crippen molar-refractivity contribution in [3.8, 4) is 0 Å². The molecule has 0 spiro atoms. The molecule has 0 amide bonds. The highest BCUT2D eigenvalue weighted by atomic mass is 31.2. The molecule has 1 aromatic rings. The minimum Gasteiger partial charge on any atom is -0.444 e. The lowest BCUT2D eigenvalue weighted by Crippen LogP contribution is -2.33. The smallest absolute Gasteiger partial charge is 0.330 e. The third-order valence-electron chi connectivity index (χ3n) is 7.05. The summed E-state index contributed by atoms with van der Waals surface area (Å²) >= 11 is 0. The van der Waals surface area contributed by atoms with E-state index in [-0.39, 0.29) is 19.6 Å². The van der Waals surface area contributed by atoms with E-state index in [2.05, 4.69) is 21.9 Å². The molecule has 0 aromatic carbocycles. The minimum absolute atomic E-state index is 0.179. The number of nitrogens with one attached hydrogen (secondary N) is 1. The van der Waals surface area contributed by atoms with E-state index in [0.717, 1.165) is 19.3 Å². The highest BCUT2D eigenvalue weighted by Crippen LogP contribution is 2.44. The number of aryl methyl sites for hydroxylation is 1. The number of hydrogen-bond donors (Lipinski definition) is 1. The number of nitrogens with zero attached hydrogens (tertiary/aromatic N) is 4. The van der Waals surface area contributed by atoms with Crippen LogP contribution in [0.5, 0.6) is 0 Å². The number of hydrogen-bond acceptors (Lipinski definition) is 7. The number of H-pyrrole nitrogens is 1. The first-order valence-electron chi connectivity index (χ1n) is 14.5. The summed E-state index contributed by atoms with van der Waals surface area (Å²) in [5, 5.41) is 3.71. The van der Waals surface area contributed by atoms with E-state index in [1.165, 1.54) is 81.4 Å². The molecule has 1 saturated heterocycles. The molecule has 11 nitrogen and oxygen atoms in total. The maximum Gasteiger partial charge on any atom is 0.330 e. The van der Waals surface area contributed by atoms with Crippen LogP contribution in [0.25, 0.3) is 10.4 Å². The molecule has 39 heavy (non-hydrogen) atoms. The van der Waals surface area contributed by atoms with E-state index < -0.39 is 37.1 Å². The summed E-state index contributed by atoms with van der Waals surface area (Å²) in [5.74, 6) is 0. The highest BCUT2D eigenvalue weighted by Gasteiger charge is 2.36. The van der Waals surface area contributed by atoms with Crippen molar-refractivity contribution in [3.05, 3.63) is 43.0 Å². The van der Waals surface area contributed by atoms with Crippen LogP contribution in [-0.4, -0.2) is 42.5 Å². The van der Waals surface area contributed by atoms with Crippen LogP contribution in [0, 0.1) is 6.92 Å². The Morgan fingerprint density at radius 1 is 1.05 bits per heavy atom. The molecule has 1 aromatic heterocycles. The van der Waals surface area contributed by atoms with E-state index >= 15 is 0 Å². The molecule has 0 saturated carbocycles. The third-order valence-corrected chi connectivity index (χ3v) is 8.10. The molecule has 2 heterocycles. The highest BCUT2D eigenvalue weighted by molar-refractivity contribution is 7.79. The van der Waals surface area contributed by atoms with Gasteiger partial charge in [-0.3, -0.25) is 14.3 Å². The number of ether oxygens (including phenoxy) is 1. The fourth-order valence-corrected chi connectivity index (χ4v) is 5.54. The third kappa shape index (κ3) is 12.9. The molecule has 1 aliphatic heterocycles. The van der Waals surface area contributed by atoms with Gasteiger partial charge in [0.15, 0.2) is 0 Å². The lowest BCUT2D eigenvalue weighted by atomic mass is 10.0. The average Bonchev–Trinajstić information content (AvgIpc) is 3.30. The molecule has 1 aliphatic rings. The maximum atomic E-state index is 12.5. The van der Waals surface area contributed by atoms with E-state index in [4.69, 9.17) is 26.9 Å². The largest absolute Gasteiger partial charge is 0.444 e. The molecule has 1 N–H and O–H groups in total. The Morgan fingerprint density at radius 3 is 2.18 bits per heavy atom. The van der Waals surface area contributed by atoms with Gasteiger partial charge in [0.2, 0.25) is 0 Å². The van der Waals surface area contributed by atoms with Gasteiger partial charge in [-0.25, -0.2) is 4.79 Å². The molecular formula is C26H45BN5O6P-. The van der Waals surface area contributed by atoms with Gasteiger partial charge < -0.3 is 25.9 Å². The molecule has 0 bridgehead atoms. The second kappa shape index (κ2) is 18.5. The van der Waals surface area contributed by atoms with Crippen molar-refractivity contribution < 1.29 is 18.3 Å². The van der Waals surface area contributed by atoms with Gasteiger partial charge in [0.25, 0.3) is 5.56 Å². The molecule has 0 aliphatic carbocycles. The average molecular weight is 565 g/mol. The van der Waals surface area contributed by atoms with Gasteiger partial charge in [0.1, 0.15) is 6.23 Å². The Morgan fingerprint density at radius 2 is 1.62 bits per heavy atom. The zero-order valence-electron chi connectivity index (χ0n) is 23.6. The van der Waals surface area contributed by atoms with E-state index in [1.807, 2.05) is 0 Å². The van der Waals surface area contributed by atoms with Crippen molar-refractivity contribution in [3.63, 3.8) is 0 Å². The predicted octanol–water partition coefficient (Wildman–Crippen LogP) is 6.60. The van der Waals surface area contributed by atoms with E-state index in [9.17, 15) is 14.2 Å². The molecule has 219 valence electrons. The van der Waals surface area contributed by atoms with Gasteiger partial charge >= 0.3 is 5.69 Å². The first-order chi connectivity index (χ1) is 18.8. The maximum absolute atomic E-state index is 12.5. The van der Waals surface area contributed by atoms with Crippen molar-refractivity contribution >= 4 is 15.0 Å². The van der Waals surface area contributed by atoms with Gasteiger partial charge in [0, 0.05) is 23.1 Å². The summed E-state index contributed by atoms with van der Waals surface area (Å²) in [6.45, 7) is 3.81. The number of rotatable bonds is 21. The molecule has 1 unspecified atom stereocenters. The monoisotopic (exact) mass is 565 g/mol. The molecule has 4 atom stereocenters. The number of aromatic amines is 1. The van der Waals surface area contributed by atoms with Crippen molar-refractivity contribution in [1.29, 1.82) is 0 Å². The number of azide groups is 1. The Balaban J connectivity index is 1.60. The normalized spacial score (nSPS) is 20.5. The predicted molar refractivity (Wildman–Crippen MR) is 153 cm³/mol. The van der Waals surface area contributed by atoms with Crippen LogP contribution in [0.15, 0.2) is 20.9 Å². The Kier molecular flexibility index (Phi) is 15.8. The summed E-state index contributed by atoms with van der Waals surface area (Å²) in [5.41, 5.74) is 8.12. The fraction of sp³-hybridized carbons (Fsp3) is 0.846. The van der Waals surface area contributed by atoms with Crippen molar-refractivity contribution in [2.24, 2.45) is 5.11 Å². The number of unbranched alkanes of at least 4 members (excludes halogenated alkanes) is 13. The van der Waals surface area contributed by atoms with Crippen LogP contribution >= 0.6 is 7.47 Å². The Hall–Kier alpha value is -1.84. The van der Waals surface area contributed by atoms with Crippen LogP contribution in [0.3, 0.4) is 0 Å². The zero-order chi connectivity index (χ0) is 28.5. The standard InChI is InChI=1S/C26H45BN5O6P/c1-3-4-5-6-7-8-9-10-11-12-13-14-15-16-17-36-39(27,35)37-20-23-22(30-31-28)18-24(38-23)32-19-21(2)25(33)29-26(32)34/h19,22-24H,3-18,20H2,1-2H3,(H,29,33,34)/q-1/t22-,23+,24+,39?/m0/s1. The van der Waals surface area contributed by atoms with Crippen LogP contribution in [-0.2, 0) is 18.3 Å². The zero-order valence-corrected chi connectivity index (χ0v) is 24.5. The summed E-state index contributed by atoms with van der Waals surface area (Å²) in [4.78, 5) is 28.9. The number of aromatic nitrogens is 2. The summed E-state index contributed by atoms with van der Waals surface area (Å²) < 4.78 is 30.2. The molecule has 1 fully saturated rings. The Labute approximate surface area is 232 Å². The second-order valence-corrected chi connectivity index (χ2v) is 12.0. The summed E-state index contributed by atoms with van der Waals surface area (Å²) in [6.07, 6.45) is 17.3. The first kappa shape index (κ1) is 33.4. The van der Waals surface area contributed by atoms with Crippen molar-refractivity contribution in [2.45, 2.75) is 129 Å².